The zero-order chi connectivity index (χ0) is 24.6. The van der Waals surface area contributed by atoms with Crippen molar-refractivity contribution in [2.24, 2.45) is 0 Å². The maximum atomic E-state index is 13.0. The SMILES string of the molecule is Cc1ccc(Cl)cc1NC(=O)c1ccc(C)c(NC2=C(Cl)C(=O)N(c3cccc(Cl)c3)C2=O)c1. The molecule has 1 aliphatic heterocycles. The number of aryl methyl sites for hydroxylation is 2. The van der Waals surface area contributed by atoms with E-state index >= 15 is 0 Å². The molecule has 0 atom stereocenters. The number of nitrogens with zero attached hydrogens (tertiary/aromatic N) is 1. The van der Waals surface area contributed by atoms with Gasteiger partial charge in [0.15, 0.2) is 0 Å². The zero-order valence-electron chi connectivity index (χ0n) is 18.1. The second-order valence-electron chi connectivity index (χ2n) is 7.68. The number of carbonyl (C=O) groups is 3. The van der Waals surface area contributed by atoms with E-state index in [1.807, 2.05) is 13.0 Å². The maximum absolute atomic E-state index is 13.0. The average molecular weight is 515 g/mol. The Morgan fingerprint density at radius 2 is 1.47 bits per heavy atom. The summed E-state index contributed by atoms with van der Waals surface area (Å²) in [5.74, 6) is -1.65. The summed E-state index contributed by atoms with van der Waals surface area (Å²) in [4.78, 5) is 39.6. The first-order chi connectivity index (χ1) is 16.2. The van der Waals surface area contributed by atoms with Crippen molar-refractivity contribution in [3.63, 3.8) is 0 Å². The summed E-state index contributed by atoms with van der Waals surface area (Å²) in [6.45, 7) is 3.66. The Balaban J connectivity index is 1.60. The van der Waals surface area contributed by atoms with E-state index in [4.69, 9.17) is 34.8 Å². The lowest BCUT2D eigenvalue weighted by Crippen LogP contribution is -2.32. The zero-order valence-corrected chi connectivity index (χ0v) is 20.3. The number of rotatable bonds is 5. The van der Waals surface area contributed by atoms with E-state index in [2.05, 4.69) is 10.6 Å². The smallest absolute Gasteiger partial charge is 0.283 e. The average Bonchev–Trinajstić information content (AvgIpc) is 3.00. The standard InChI is InChI=1S/C25H18Cl3N3O3/c1-13-6-8-15(23(32)30-20-12-17(27)9-7-14(20)2)10-19(13)29-22-21(28)24(33)31(25(22)34)18-5-3-4-16(26)11-18/h3-12,29H,1-2H3,(H,30,32). The molecule has 6 nitrogen and oxygen atoms in total. The minimum absolute atomic E-state index is 0.0852. The summed E-state index contributed by atoms with van der Waals surface area (Å²) in [5, 5.41) is 6.39. The number of amides is 3. The molecule has 0 aliphatic carbocycles. The molecule has 0 saturated carbocycles. The second kappa shape index (κ2) is 9.50. The molecule has 2 N–H and O–H groups in total. The minimum atomic E-state index is -0.667. The molecule has 0 unspecified atom stereocenters. The monoisotopic (exact) mass is 513 g/mol. The fourth-order valence-electron chi connectivity index (χ4n) is 3.42. The number of anilines is 3. The van der Waals surface area contributed by atoms with Gasteiger partial charge in [0.2, 0.25) is 0 Å². The summed E-state index contributed by atoms with van der Waals surface area (Å²) in [6, 6.07) is 16.5. The molecule has 34 heavy (non-hydrogen) atoms. The van der Waals surface area contributed by atoms with Gasteiger partial charge in [-0.2, -0.15) is 0 Å². The fraction of sp³-hybridized carbons (Fsp3) is 0.0800. The molecule has 4 rings (SSSR count). The van der Waals surface area contributed by atoms with Gasteiger partial charge in [-0.1, -0.05) is 53.0 Å². The number of nitrogens with one attached hydrogen (secondary N) is 2. The largest absolute Gasteiger partial charge is 0.349 e. The van der Waals surface area contributed by atoms with Gasteiger partial charge in [0.25, 0.3) is 17.7 Å². The van der Waals surface area contributed by atoms with Crippen LogP contribution in [0.5, 0.6) is 0 Å². The van der Waals surface area contributed by atoms with Crippen LogP contribution < -0.4 is 15.5 Å². The Bertz CT molecular complexity index is 1380. The Hall–Kier alpha value is -3.32. The Morgan fingerprint density at radius 1 is 0.794 bits per heavy atom. The molecule has 9 heteroatoms. The van der Waals surface area contributed by atoms with Crippen LogP contribution in [0.3, 0.4) is 0 Å². The van der Waals surface area contributed by atoms with Gasteiger partial charge in [-0.25, -0.2) is 4.90 Å². The summed E-state index contributed by atoms with van der Waals surface area (Å²) in [5.41, 5.74) is 3.21. The van der Waals surface area contributed by atoms with Crippen LogP contribution in [0.4, 0.5) is 17.1 Å². The normalized spacial score (nSPS) is 13.5. The van der Waals surface area contributed by atoms with Gasteiger partial charge in [0.05, 0.1) is 5.69 Å². The topological polar surface area (TPSA) is 78.5 Å². The maximum Gasteiger partial charge on any atom is 0.283 e. The molecular formula is C25H18Cl3N3O3. The van der Waals surface area contributed by atoms with E-state index in [1.54, 1.807) is 55.5 Å². The molecule has 3 amide bonds. The molecule has 0 aromatic heterocycles. The van der Waals surface area contributed by atoms with Crippen LogP contribution in [0.25, 0.3) is 0 Å². The van der Waals surface area contributed by atoms with Gasteiger partial charge in [0, 0.05) is 27.0 Å². The molecule has 3 aromatic rings. The van der Waals surface area contributed by atoms with Gasteiger partial charge in [-0.15, -0.1) is 0 Å². The van der Waals surface area contributed by atoms with E-state index in [-0.39, 0.29) is 16.6 Å². The lowest BCUT2D eigenvalue weighted by atomic mass is 10.1. The highest BCUT2D eigenvalue weighted by Gasteiger charge is 2.39. The van der Waals surface area contributed by atoms with Crippen LogP contribution >= 0.6 is 34.8 Å². The quantitative estimate of drug-likeness (QED) is 0.392. The lowest BCUT2D eigenvalue weighted by Gasteiger charge is -2.16. The Kier molecular flexibility index (Phi) is 6.66. The van der Waals surface area contributed by atoms with Crippen molar-refractivity contribution in [2.45, 2.75) is 13.8 Å². The first-order valence-electron chi connectivity index (χ1n) is 10.1. The third kappa shape index (κ3) is 4.66. The Morgan fingerprint density at radius 3 is 2.21 bits per heavy atom. The highest BCUT2D eigenvalue weighted by Crippen LogP contribution is 2.32. The van der Waals surface area contributed by atoms with Gasteiger partial charge in [-0.3, -0.25) is 14.4 Å². The molecule has 1 aliphatic rings. The van der Waals surface area contributed by atoms with Crippen molar-refractivity contribution in [3.05, 3.63) is 98.1 Å². The van der Waals surface area contributed by atoms with E-state index in [0.29, 0.717) is 32.7 Å². The number of hydrogen-bond acceptors (Lipinski definition) is 4. The molecule has 3 aromatic carbocycles. The van der Waals surface area contributed by atoms with E-state index in [1.165, 1.54) is 6.07 Å². The highest BCUT2D eigenvalue weighted by atomic mass is 35.5. The molecular weight excluding hydrogens is 497 g/mol. The first-order valence-corrected chi connectivity index (χ1v) is 11.3. The predicted molar refractivity (Wildman–Crippen MR) is 136 cm³/mol. The number of benzene rings is 3. The predicted octanol–water partition coefficient (Wildman–Crippen LogP) is 6.30. The van der Waals surface area contributed by atoms with Crippen LogP contribution in [-0.4, -0.2) is 17.7 Å². The molecule has 0 radical (unpaired) electrons. The van der Waals surface area contributed by atoms with Crippen molar-refractivity contribution in [1.82, 2.24) is 0 Å². The molecule has 0 fully saturated rings. The van der Waals surface area contributed by atoms with E-state index < -0.39 is 11.8 Å². The third-order valence-corrected chi connectivity index (χ3v) is 6.12. The van der Waals surface area contributed by atoms with Crippen LogP contribution in [0, 0.1) is 13.8 Å². The van der Waals surface area contributed by atoms with Crippen LogP contribution in [0.15, 0.2) is 71.4 Å². The van der Waals surface area contributed by atoms with Crippen molar-refractivity contribution >= 4 is 69.6 Å². The fourth-order valence-corrected chi connectivity index (χ4v) is 3.99. The molecule has 0 saturated heterocycles. The Labute approximate surface area is 211 Å². The summed E-state index contributed by atoms with van der Waals surface area (Å²) < 4.78 is 0. The third-order valence-electron chi connectivity index (χ3n) is 5.30. The lowest BCUT2D eigenvalue weighted by molar-refractivity contribution is -0.120. The van der Waals surface area contributed by atoms with Gasteiger partial charge in [-0.05, 0) is 67.4 Å². The van der Waals surface area contributed by atoms with Crippen molar-refractivity contribution < 1.29 is 14.4 Å². The van der Waals surface area contributed by atoms with Crippen LogP contribution in [-0.2, 0) is 9.59 Å². The van der Waals surface area contributed by atoms with Crippen molar-refractivity contribution in [1.29, 1.82) is 0 Å². The highest BCUT2D eigenvalue weighted by molar-refractivity contribution is 6.53. The van der Waals surface area contributed by atoms with E-state index in [0.717, 1.165) is 16.0 Å². The number of hydrogen-bond donors (Lipinski definition) is 2. The number of imide groups is 1. The summed E-state index contributed by atoms with van der Waals surface area (Å²) >= 11 is 18.3. The molecule has 0 spiro atoms. The molecule has 1 heterocycles. The van der Waals surface area contributed by atoms with Crippen LogP contribution in [0.1, 0.15) is 21.5 Å². The minimum Gasteiger partial charge on any atom is -0.349 e. The molecule has 0 bridgehead atoms. The molecule has 172 valence electrons. The van der Waals surface area contributed by atoms with Crippen molar-refractivity contribution in [2.75, 3.05) is 15.5 Å². The first kappa shape index (κ1) is 23.8. The number of carbonyl (C=O) groups excluding carboxylic acids is 3. The number of halogens is 3. The summed E-state index contributed by atoms with van der Waals surface area (Å²) in [6.07, 6.45) is 0. The van der Waals surface area contributed by atoms with Crippen molar-refractivity contribution in [3.8, 4) is 0 Å². The summed E-state index contributed by atoms with van der Waals surface area (Å²) in [7, 11) is 0. The van der Waals surface area contributed by atoms with E-state index in [9.17, 15) is 14.4 Å². The van der Waals surface area contributed by atoms with Gasteiger partial charge in [0.1, 0.15) is 10.7 Å². The second-order valence-corrected chi connectivity index (χ2v) is 8.93. The van der Waals surface area contributed by atoms with Gasteiger partial charge < -0.3 is 10.6 Å². The van der Waals surface area contributed by atoms with Crippen LogP contribution in [0.2, 0.25) is 10.0 Å². The van der Waals surface area contributed by atoms with Gasteiger partial charge >= 0.3 is 0 Å².